The quantitative estimate of drug-likeness (QED) is 0.621. The van der Waals surface area contributed by atoms with E-state index in [1.54, 1.807) is 35.4 Å². The van der Waals surface area contributed by atoms with Gasteiger partial charge in [-0.25, -0.2) is 4.39 Å². The van der Waals surface area contributed by atoms with Gasteiger partial charge in [-0.3, -0.25) is 9.78 Å². The van der Waals surface area contributed by atoms with E-state index >= 15 is 0 Å². The van der Waals surface area contributed by atoms with Crippen LogP contribution in [-0.2, 0) is 6.67 Å². The van der Waals surface area contributed by atoms with E-state index < -0.39 is 6.67 Å². The molecular weight excluding hydrogens is 259 g/mol. The van der Waals surface area contributed by atoms with Crippen molar-refractivity contribution in [3.8, 4) is 0 Å². The Kier molecular flexibility index (Phi) is 4.30. The zero-order valence-electron chi connectivity index (χ0n) is 11.3. The highest BCUT2D eigenvalue weighted by Gasteiger charge is 2.17. The predicted molar refractivity (Wildman–Crippen MR) is 73.8 cm³/mol. The van der Waals surface area contributed by atoms with Gasteiger partial charge >= 0.3 is 0 Å². The van der Waals surface area contributed by atoms with Crippen molar-refractivity contribution < 1.29 is 13.6 Å². The van der Waals surface area contributed by atoms with Gasteiger partial charge in [0.05, 0.1) is 17.5 Å². The minimum atomic E-state index is -0.626. The third-order valence-electron chi connectivity index (χ3n) is 2.65. The number of alkyl halides is 1. The second-order valence-electron chi connectivity index (χ2n) is 4.48. The monoisotopic (exact) mass is 274 g/mol. The first kappa shape index (κ1) is 14.0. The minimum Gasteiger partial charge on any atom is -0.461 e. The Bertz CT molecular complexity index is 601. The largest absolute Gasteiger partial charge is 0.461 e. The summed E-state index contributed by atoms with van der Waals surface area (Å²) >= 11 is 0. The van der Waals surface area contributed by atoms with Gasteiger partial charge in [-0.15, -0.1) is 0 Å². The summed E-state index contributed by atoms with van der Waals surface area (Å²) in [4.78, 5) is 18.1. The van der Waals surface area contributed by atoms with Gasteiger partial charge in [0.15, 0.2) is 5.76 Å². The van der Waals surface area contributed by atoms with Crippen LogP contribution in [0.1, 0.15) is 21.8 Å². The first-order chi connectivity index (χ1) is 9.61. The van der Waals surface area contributed by atoms with Crippen LogP contribution in [0.2, 0.25) is 0 Å². The smallest absolute Gasteiger partial charge is 0.230 e. The molecule has 2 heterocycles. The number of halogens is 1. The highest BCUT2D eigenvalue weighted by Crippen LogP contribution is 2.20. The van der Waals surface area contributed by atoms with Crippen LogP contribution in [0.25, 0.3) is 5.57 Å². The molecule has 0 radical (unpaired) electrons. The van der Waals surface area contributed by atoms with Crippen molar-refractivity contribution >= 4 is 11.4 Å². The summed E-state index contributed by atoms with van der Waals surface area (Å²) in [6.45, 7) is -0.626. The molecule has 0 aromatic carbocycles. The Balaban J connectivity index is 2.39. The second kappa shape index (κ2) is 6.14. The maximum Gasteiger partial charge on any atom is 0.230 e. The van der Waals surface area contributed by atoms with Gasteiger partial charge < -0.3 is 9.32 Å². The number of nitrogens with zero attached hydrogens (tertiary/aromatic N) is 2. The van der Waals surface area contributed by atoms with Crippen molar-refractivity contribution in [1.29, 1.82) is 0 Å². The zero-order valence-corrected chi connectivity index (χ0v) is 11.3. The number of aromatic nitrogens is 1. The molecule has 0 saturated heterocycles. The highest BCUT2D eigenvalue weighted by molar-refractivity contribution is 6.27. The molecule has 0 bridgehead atoms. The second-order valence-corrected chi connectivity index (χ2v) is 4.48. The number of pyridine rings is 1. The van der Waals surface area contributed by atoms with Gasteiger partial charge in [0.1, 0.15) is 6.67 Å². The van der Waals surface area contributed by atoms with E-state index in [4.69, 9.17) is 4.42 Å². The summed E-state index contributed by atoms with van der Waals surface area (Å²) in [6.07, 6.45) is 4.63. The number of carbonyl (C=O) groups excluding carboxylic acids is 1. The Hall–Kier alpha value is -2.43. The zero-order chi connectivity index (χ0) is 14.5. The maximum atomic E-state index is 12.5. The first-order valence-electron chi connectivity index (χ1n) is 6.09. The van der Waals surface area contributed by atoms with E-state index in [0.717, 1.165) is 0 Å². The van der Waals surface area contributed by atoms with Crippen LogP contribution in [-0.4, -0.2) is 29.8 Å². The van der Waals surface area contributed by atoms with E-state index in [0.29, 0.717) is 16.8 Å². The van der Waals surface area contributed by atoms with Gasteiger partial charge in [-0.1, -0.05) is 6.07 Å². The van der Waals surface area contributed by atoms with Crippen molar-refractivity contribution in [1.82, 2.24) is 9.88 Å². The molecule has 2 rings (SSSR count). The summed E-state index contributed by atoms with van der Waals surface area (Å²) < 4.78 is 17.6. The molecule has 4 nitrogen and oxygen atoms in total. The van der Waals surface area contributed by atoms with Crippen LogP contribution in [0.4, 0.5) is 4.39 Å². The van der Waals surface area contributed by atoms with Gasteiger partial charge in [0, 0.05) is 32.1 Å². The lowest BCUT2D eigenvalue weighted by Gasteiger charge is -2.10. The van der Waals surface area contributed by atoms with E-state index in [1.807, 2.05) is 14.1 Å². The molecule has 2 aromatic rings. The molecule has 2 aromatic heterocycles. The summed E-state index contributed by atoms with van der Waals surface area (Å²) in [6, 6.07) is 6.51. The fourth-order valence-corrected chi connectivity index (χ4v) is 1.73. The lowest BCUT2D eigenvalue weighted by molar-refractivity contribution is 0.103. The van der Waals surface area contributed by atoms with Gasteiger partial charge in [0.25, 0.3) is 0 Å². The molecule has 0 saturated carbocycles. The third kappa shape index (κ3) is 3.12. The highest BCUT2D eigenvalue weighted by atomic mass is 19.1. The topological polar surface area (TPSA) is 46.3 Å². The summed E-state index contributed by atoms with van der Waals surface area (Å²) in [5, 5.41) is 0. The summed E-state index contributed by atoms with van der Waals surface area (Å²) in [5.41, 5.74) is 1.41. The molecule has 0 aliphatic rings. The Morgan fingerprint density at radius 2 is 2.20 bits per heavy atom. The van der Waals surface area contributed by atoms with E-state index in [2.05, 4.69) is 4.98 Å². The molecule has 0 fully saturated rings. The predicted octanol–water partition coefficient (Wildman–Crippen LogP) is 2.93. The average Bonchev–Trinajstić information content (AvgIpc) is 2.98. The average molecular weight is 274 g/mol. The number of carbonyl (C=O) groups is 1. The minimum absolute atomic E-state index is 0.238. The molecule has 20 heavy (non-hydrogen) atoms. The van der Waals surface area contributed by atoms with Crippen LogP contribution >= 0.6 is 0 Å². The third-order valence-corrected chi connectivity index (χ3v) is 2.65. The Morgan fingerprint density at radius 3 is 2.70 bits per heavy atom. The Morgan fingerprint density at radius 1 is 1.40 bits per heavy atom. The fraction of sp³-hybridized carbons (Fsp3) is 0.200. The Labute approximate surface area is 116 Å². The van der Waals surface area contributed by atoms with Crippen molar-refractivity contribution in [3.05, 3.63) is 59.9 Å². The van der Waals surface area contributed by atoms with E-state index in [-0.39, 0.29) is 11.5 Å². The molecule has 0 atom stereocenters. The molecular formula is C15H15FN2O2. The first-order valence-corrected chi connectivity index (χ1v) is 6.09. The fourth-order valence-electron chi connectivity index (χ4n) is 1.73. The van der Waals surface area contributed by atoms with Crippen molar-refractivity contribution in [3.63, 3.8) is 0 Å². The van der Waals surface area contributed by atoms with Crippen LogP contribution in [0, 0.1) is 0 Å². The lowest BCUT2D eigenvalue weighted by atomic mass is 10.0. The van der Waals surface area contributed by atoms with Crippen LogP contribution in [0.3, 0.4) is 0 Å². The SMILES string of the molecule is CN(C)/C=C(/C(=O)c1ccco1)c1ccc(CF)nc1. The number of Topliss-reactive ketones (excluding diaryl/α,β-unsaturated/α-hetero) is 1. The van der Waals surface area contributed by atoms with Crippen molar-refractivity contribution in [2.24, 2.45) is 0 Å². The molecule has 0 unspecified atom stereocenters. The van der Waals surface area contributed by atoms with Crippen molar-refractivity contribution in [2.45, 2.75) is 6.67 Å². The standard InChI is InChI=1S/C15H15FN2O2/c1-18(2)10-13(15(19)14-4-3-7-20-14)11-5-6-12(8-16)17-9-11/h3-7,9-10H,8H2,1-2H3/b13-10+. The number of hydrogen-bond acceptors (Lipinski definition) is 4. The molecule has 0 aliphatic carbocycles. The molecule has 104 valence electrons. The van der Waals surface area contributed by atoms with Crippen LogP contribution < -0.4 is 0 Å². The number of furan rings is 1. The molecule has 0 spiro atoms. The number of hydrogen-bond donors (Lipinski definition) is 0. The number of ketones is 1. The molecule has 5 heteroatoms. The maximum absolute atomic E-state index is 12.5. The summed E-state index contributed by atoms with van der Waals surface area (Å²) in [5.74, 6) is 0.0196. The number of allylic oxidation sites excluding steroid dienone is 1. The van der Waals surface area contributed by atoms with Gasteiger partial charge in [-0.05, 0) is 18.2 Å². The van der Waals surface area contributed by atoms with E-state index in [9.17, 15) is 9.18 Å². The van der Waals surface area contributed by atoms with E-state index in [1.165, 1.54) is 12.5 Å². The molecule has 0 N–H and O–H groups in total. The van der Waals surface area contributed by atoms with Crippen LogP contribution in [0.15, 0.2) is 47.3 Å². The van der Waals surface area contributed by atoms with Gasteiger partial charge in [0.2, 0.25) is 5.78 Å². The molecule has 0 aliphatic heterocycles. The number of rotatable bonds is 5. The normalized spacial score (nSPS) is 11.4. The lowest BCUT2D eigenvalue weighted by Crippen LogP contribution is -2.09. The summed E-state index contributed by atoms with van der Waals surface area (Å²) in [7, 11) is 3.64. The van der Waals surface area contributed by atoms with Crippen LogP contribution in [0.5, 0.6) is 0 Å². The van der Waals surface area contributed by atoms with Crippen molar-refractivity contribution in [2.75, 3.05) is 14.1 Å². The van der Waals surface area contributed by atoms with Gasteiger partial charge in [-0.2, -0.15) is 0 Å². The molecule has 0 amide bonds.